The van der Waals surface area contributed by atoms with Gasteiger partial charge in [-0.2, -0.15) is 5.10 Å². The second-order valence-electron chi connectivity index (χ2n) is 8.23. The molecule has 1 saturated heterocycles. The Bertz CT molecular complexity index is 1020. The maximum atomic E-state index is 16.0. The maximum absolute atomic E-state index is 16.0. The highest BCUT2D eigenvalue weighted by Gasteiger charge is 2.39. The van der Waals surface area contributed by atoms with Gasteiger partial charge in [0.1, 0.15) is 11.3 Å². The molecule has 8 heteroatoms. The van der Waals surface area contributed by atoms with Crippen LogP contribution in [0.5, 0.6) is 0 Å². The number of fused-ring (bicyclic) bond motifs is 1. The number of alkyl halides is 1. The summed E-state index contributed by atoms with van der Waals surface area (Å²) in [5, 5.41) is 5.18. The zero-order valence-corrected chi connectivity index (χ0v) is 17.5. The normalized spacial score (nSPS) is 26.2. The third-order valence-electron chi connectivity index (χ3n) is 6.47. The molecule has 0 bridgehead atoms. The third-order valence-corrected chi connectivity index (χ3v) is 6.77. The lowest BCUT2D eigenvalue weighted by Gasteiger charge is -2.41. The first-order valence-electron chi connectivity index (χ1n) is 10.2. The van der Waals surface area contributed by atoms with E-state index >= 15 is 4.39 Å². The van der Waals surface area contributed by atoms with E-state index < -0.39 is 5.67 Å². The Kier molecular flexibility index (Phi) is 4.88. The summed E-state index contributed by atoms with van der Waals surface area (Å²) < 4.78 is 24.9. The lowest BCUT2D eigenvalue weighted by molar-refractivity contribution is -0.0116. The van der Waals surface area contributed by atoms with Crippen molar-refractivity contribution in [2.45, 2.75) is 37.4 Å². The summed E-state index contributed by atoms with van der Waals surface area (Å²) in [6, 6.07) is 2.43. The van der Waals surface area contributed by atoms with Crippen LogP contribution in [0.3, 0.4) is 0 Å². The fourth-order valence-electron chi connectivity index (χ4n) is 4.78. The van der Waals surface area contributed by atoms with Crippen molar-refractivity contribution in [2.24, 2.45) is 7.05 Å². The molecule has 1 saturated carbocycles. The number of aromatic nitrogens is 4. The van der Waals surface area contributed by atoms with Gasteiger partial charge >= 0.3 is 0 Å². The standard InChI is InChI=1S/C21H26FN5OS/c1-25-13-15(11-24-25)19-14-27(29)20-18(19)10-16(12-23-20)21(22)4-2-17(3-5-21)26-6-8-28-9-7-26/h10-14,17,29H,2-9H2,1H3/t17-,21-. The van der Waals surface area contributed by atoms with E-state index in [4.69, 9.17) is 4.74 Å². The number of ether oxygens (including phenoxy) is 1. The molecule has 0 aromatic carbocycles. The molecule has 0 unspecified atom stereocenters. The predicted octanol–water partition coefficient (Wildman–Crippen LogP) is 3.57. The second kappa shape index (κ2) is 7.41. The molecule has 1 aliphatic heterocycles. The number of rotatable bonds is 3. The molecular weight excluding hydrogens is 389 g/mol. The molecule has 5 rings (SSSR count). The van der Waals surface area contributed by atoms with Gasteiger partial charge in [-0.3, -0.25) is 13.6 Å². The second-order valence-corrected chi connectivity index (χ2v) is 8.66. The first-order chi connectivity index (χ1) is 14.0. The van der Waals surface area contributed by atoms with Crippen molar-refractivity contribution in [2.75, 3.05) is 26.3 Å². The monoisotopic (exact) mass is 415 g/mol. The van der Waals surface area contributed by atoms with Crippen LogP contribution in [0.4, 0.5) is 4.39 Å². The van der Waals surface area contributed by atoms with E-state index in [1.54, 1.807) is 14.9 Å². The van der Waals surface area contributed by atoms with E-state index in [0.29, 0.717) is 24.4 Å². The topological polar surface area (TPSA) is 48.1 Å². The van der Waals surface area contributed by atoms with Crippen LogP contribution in [0.1, 0.15) is 31.2 Å². The summed E-state index contributed by atoms with van der Waals surface area (Å²) in [5.74, 6) is 0. The number of hydrogen-bond donors (Lipinski definition) is 1. The molecule has 0 spiro atoms. The van der Waals surface area contributed by atoms with E-state index in [2.05, 4.69) is 27.8 Å². The molecular formula is C21H26FN5OS. The van der Waals surface area contributed by atoms with Crippen molar-refractivity contribution in [1.82, 2.24) is 23.6 Å². The zero-order valence-electron chi connectivity index (χ0n) is 16.6. The summed E-state index contributed by atoms with van der Waals surface area (Å²) >= 11 is 4.50. The molecule has 0 amide bonds. The average molecular weight is 416 g/mol. The highest BCUT2D eigenvalue weighted by molar-refractivity contribution is 7.78. The van der Waals surface area contributed by atoms with E-state index in [1.165, 1.54) is 0 Å². The lowest BCUT2D eigenvalue weighted by atomic mass is 9.79. The molecule has 6 nitrogen and oxygen atoms in total. The predicted molar refractivity (Wildman–Crippen MR) is 114 cm³/mol. The zero-order chi connectivity index (χ0) is 20.0. The molecule has 2 fully saturated rings. The van der Waals surface area contributed by atoms with E-state index in [9.17, 15) is 0 Å². The molecule has 3 aromatic rings. The van der Waals surface area contributed by atoms with Crippen LogP contribution in [-0.4, -0.2) is 56.0 Å². The van der Waals surface area contributed by atoms with Crippen LogP contribution in [-0.2, 0) is 17.5 Å². The van der Waals surface area contributed by atoms with Gasteiger partial charge in [-0.15, -0.1) is 0 Å². The van der Waals surface area contributed by atoms with Crippen molar-refractivity contribution in [3.05, 3.63) is 36.4 Å². The Hall–Kier alpha value is -1.90. The van der Waals surface area contributed by atoms with Gasteiger partial charge in [0.2, 0.25) is 0 Å². The Labute approximate surface area is 175 Å². The molecule has 0 radical (unpaired) electrons. The Morgan fingerprint density at radius 2 is 1.93 bits per heavy atom. The number of pyridine rings is 1. The highest BCUT2D eigenvalue weighted by atomic mass is 32.1. The summed E-state index contributed by atoms with van der Waals surface area (Å²) in [4.78, 5) is 7.02. The number of aryl methyl sites for hydroxylation is 1. The smallest absolute Gasteiger partial charge is 0.150 e. The lowest BCUT2D eigenvalue weighted by Crippen LogP contribution is -2.46. The van der Waals surface area contributed by atoms with Crippen LogP contribution in [0.15, 0.2) is 30.9 Å². The largest absolute Gasteiger partial charge is 0.379 e. The SMILES string of the molecule is Cn1cc(-c2cn(S)c3ncc([C@]4(F)CC[C@H](N5CCOCC5)CC4)cc23)cn1. The molecule has 1 aliphatic carbocycles. The van der Waals surface area contributed by atoms with Crippen LogP contribution >= 0.6 is 12.8 Å². The Morgan fingerprint density at radius 3 is 2.62 bits per heavy atom. The van der Waals surface area contributed by atoms with Crippen molar-refractivity contribution >= 4 is 23.8 Å². The summed E-state index contributed by atoms with van der Waals surface area (Å²) in [7, 11) is 1.89. The Balaban J connectivity index is 1.43. The minimum Gasteiger partial charge on any atom is -0.379 e. The quantitative estimate of drug-likeness (QED) is 0.665. The first-order valence-corrected chi connectivity index (χ1v) is 10.6. The van der Waals surface area contributed by atoms with Gasteiger partial charge in [0.15, 0.2) is 0 Å². The minimum absolute atomic E-state index is 0.462. The van der Waals surface area contributed by atoms with Crippen molar-refractivity contribution in [3.8, 4) is 11.1 Å². The minimum atomic E-state index is -1.32. The maximum Gasteiger partial charge on any atom is 0.150 e. The fourth-order valence-corrected chi connectivity index (χ4v) is 5.06. The van der Waals surface area contributed by atoms with E-state index in [-0.39, 0.29) is 0 Å². The fraction of sp³-hybridized carbons (Fsp3) is 0.524. The Morgan fingerprint density at radius 1 is 1.17 bits per heavy atom. The molecule has 2 aliphatic rings. The molecule has 4 heterocycles. The molecule has 154 valence electrons. The van der Waals surface area contributed by atoms with Gasteiger partial charge in [0.05, 0.1) is 19.4 Å². The molecule has 29 heavy (non-hydrogen) atoms. The first kappa shape index (κ1) is 19.1. The van der Waals surface area contributed by atoms with Crippen LogP contribution in [0.25, 0.3) is 22.2 Å². The van der Waals surface area contributed by atoms with Crippen LogP contribution < -0.4 is 0 Å². The van der Waals surface area contributed by atoms with Crippen molar-refractivity contribution in [1.29, 1.82) is 0 Å². The number of thiol groups is 1. The van der Waals surface area contributed by atoms with E-state index in [1.807, 2.05) is 31.7 Å². The number of halogens is 1. The van der Waals surface area contributed by atoms with Crippen LogP contribution in [0, 0.1) is 0 Å². The van der Waals surface area contributed by atoms with E-state index in [0.717, 1.165) is 61.3 Å². The number of nitrogens with zero attached hydrogens (tertiary/aromatic N) is 5. The average Bonchev–Trinajstić information content (AvgIpc) is 3.32. The van der Waals surface area contributed by atoms with Gasteiger partial charge in [-0.1, -0.05) is 12.8 Å². The molecule has 3 aromatic heterocycles. The third kappa shape index (κ3) is 3.47. The van der Waals surface area contributed by atoms with Gasteiger partial charge in [0, 0.05) is 66.8 Å². The number of hydrogen-bond acceptors (Lipinski definition) is 5. The summed E-state index contributed by atoms with van der Waals surface area (Å²) in [5.41, 5.74) is 2.04. The summed E-state index contributed by atoms with van der Waals surface area (Å²) in [6.45, 7) is 3.49. The van der Waals surface area contributed by atoms with Crippen molar-refractivity contribution < 1.29 is 9.13 Å². The molecule has 0 N–H and O–H groups in total. The van der Waals surface area contributed by atoms with Gasteiger partial charge < -0.3 is 4.74 Å². The van der Waals surface area contributed by atoms with Crippen LogP contribution in [0.2, 0.25) is 0 Å². The molecule has 0 atom stereocenters. The van der Waals surface area contributed by atoms with Crippen molar-refractivity contribution in [3.63, 3.8) is 0 Å². The van der Waals surface area contributed by atoms with Gasteiger partial charge in [-0.05, 0) is 31.7 Å². The number of morpholine rings is 1. The highest BCUT2D eigenvalue weighted by Crippen LogP contribution is 2.43. The van der Waals surface area contributed by atoms with Gasteiger partial charge in [-0.25, -0.2) is 9.37 Å². The van der Waals surface area contributed by atoms with Gasteiger partial charge in [0.25, 0.3) is 0 Å². The summed E-state index contributed by atoms with van der Waals surface area (Å²) in [6.07, 6.45) is 10.2.